The summed E-state index contributed by atoms with van der Waals surface area (Å²) in [6.45, 7) is 2.75. The second-order valence-electron chi connectivity index (χ2n) is 5.58. The van der Waals surface area contributed by atoms with Gasteiger partial charge in [-0.2, -0.15) is 0 Å². The predicted molar refractivity (Wildman–Crippen MR) is 86.8 cm³/mol. The van der Waals surface area contributed by atoms with Crippen LogP contribution >= 0.6 is 0 Å². The number of nitrogens with one attached hydrogen (secondary N) is 2. The van der Waals surface area contributed by atoms with Crippen molar-refractivity contribution < 1.29 is 19.1 Å². The van der Waals surface area contributed by atoms with E-state index >= 15 is 0 Å². The molecule has 1 heterocycles. The molecular weight excluding hydrogens is 298 g/mol. The smallest absolute Gasteiger partial charge is 0.315 e. The Morgan fingerprint density at radius 3 is 2.65 bits per heavy atom. The van der Waals surface area contributed by atoms with E-state index in [4.69, 9.17) is 9.47 Å². The molecule has 0 unspecified atom stereocenters. The zero-order chi connectivity index (χ0) is 16.8. The number of hydrogen-bond donors (Lipinski definition) is 2. The van der Waals surface area contributed by atoms with Crippen LogP contribution in [0.2, 0.25) is 0 Å². The van der Waals surface area contributed by atoms with Crippen LogP contribution in [0.15, 0.2) is 24.3 Å². The molecule has 2 rings (SSSR count). The molecule has 1 aliphatic rings. The Labute approximate surface area is 135 Å². The third-order valence-electron chi connectivity index (χ3n) is 3.64. The van der Waals surface area contributed by atoms with Crippen molar-refractivity contribution in [3.63, 3.8) is 0 Å². The summed E-state index contributed by atoms with van der Waals surface area (Å²) in [6.07, 6.45) is 0.290. The molecule has 0 radical (unpaired) electrons. The molecule has 1 saturated heterocycles. The van der Waals surface area contributed by atoms with E-state index in [0.717, 1.165) is 11.4 Å². The molecule has 126 valence electrons. The lowest BCUT2D eigenvalue weighted by atomic mass is 10.2. The molecule has 2 N–H and O–H groups in total. The Kier molecular flexibility index (Phi) is 5.81. The highest BCUT2D eigenvalue weighted by molar-refractivity contribution is 5.96. The molecule has 1 fully saturated rings. The number of rotatable bonds is 6. The third kappa shape index (κ3) is 4.59. The fraction of sp³-hybridized carbons (Fsp3) is 0.500. The van der Waals surface area contributed by atoms with Crippen LogP contribution in [0.5, 0.6) is 5.75 Å². The minimum absolute atomic E-state index is 0.00888. The summed E-state index contributed by atoms with van der Waals surface area (Å²) in [4.78, 5) is 25.7. The van der Waals surface area contributed by atoms with Crippen LogP contribution in [0.1, 0.15) is 13.3 Å². The van der Waals surface area contributed by atoms with E-state index in [-0.39, 0.29) is 30.4 Å². The van der Waals surface area contributed by atoms with Gasteiger partial charge in [0.05, 0.1) is 25.8 Å². The number of urea groups is 1. The first kappa shape index (κ1) is 17.1. The lowest BCUT2D eigenvalue weighted by Crippen LogP contribution is -2.47. The number of benzene rings is 1. The average molecular weight is 321 g/mol. The first-order valence-electron chi connectivity index (χ1n) is 7.54. The van der Waals surface area contributed by atoms with Crippen molar-refractivity contribution in [1.29, 1.82) is 0 Å². The highest BCUT2D eigenvalue weighted by Gasteiger charge is 2.31. The summed E-state index contributed by atoms with van der Waals surface area (Å²) in [5.74, 6) is 0.729. The quantitative estimate of drug-likeness (QED) is 0.823. The molecule has 23 heavy (non-hydrogen) atoms. The molecule has 0 spiro atoms. The van der Waals surface area contributed by atoms with Crippen molar-refractivity contribution in [1.82, 2.24) is 10.6 Å². The fourth-order valence-corrected chi connectivity index (χ4v) is 2.56. The molecule has 0 saturated carbocycles. The minimum atomic E-state index is -0.288. The van der Waals surface area contributed by atoms with E-state index in [9.17, 15) is 9.59 Å². The maximum Gasteiger partial charge on any atom is 0.315 e. The zero-order valence-electron chi connectivity index (χ0n) is 13.7. The number of amides is 3. The summed E-state index contributed by atoms with van der Waals surface area (Å²) in [5.41, 5.74) is 0.799. The summed E-state index contributed by atoms with van der Waals surface area (Å²) in [7, 11) is 3.18. The lowest BCUT2D eigenvalue weighted by molar-refractivity contribution is -0.117. The SMILES string of the molecule is COC[C@H](C)NC(=O)N[C@@H]1CC(=O)N(c2ccc(OC)cc2)C1. The molecular formula is C16H23N3O4. The van der Waals surface area contributed by atoms with Gasteiger partial charge in [0.25, 0.3) is 0 Å². The Bertz CT molecular complexity index is 547. The van der Waals surface area contributed by atoms with Gasteiger partial charge in [-0.05, 0) is 31.2 Å². The fourth-order valence-electron chi connectivity index (χ4n) is 2.56. The molecule has 7 heteroatoms. The second-order valence-corrected chi connectivity index (χ2v) is 5.58. The van der Waals surface area contributed by atoms with Gasteiger partial charge in [-0.1, -0.05) is 0 Å². The van der Waals surface area contributed by atoms with Crippen LogP contribution in [0.3, 0.4) is 0 Å². The molecule has 0 aromatic heterocycles. The van der Waals surface area contributed by atoms with Crippen molar-refractivity contribution in [3.05, 3.63) is 24.3 Å². The van der Waals surface area contributed by atoms with E-state index in [1.54, 1.807) is 19.1 Å². The number of nitrogens with zero attached hydrogens (tertiary/aromatic N) is 1. The Hall–Kier alpha value is -2.28. The molecule has 3 amide bonds. The number of methoxy groups -OCH3 is 2. The number of hydrogen-bond acceptors (Lipinski definition) is 4. The van der Waals surface area contributed by atoms with Gasteiger partial charge in [0, 0.05) is 25.8 Å². The predicted octanol–water partition coefficient (Wildman–Crippen LogP) is 1.13. The Balaban J connectivity index is 1.90. The Morgan fingerprint density at radius 2 is 2.04 bits per heavy atom. The van der Waals surface area contributed by atoms with Crippen LogP contribution in [-0.2, 0) is 9.53 Å². The Morgan fingerprint density at radius 1 is 1.35 bits per heavy atom. The van der Waals surface area contributed by atoms with Crippen LogP contribution in [0, 0.1) is 0 Å². The van der Waals surface area contributed by atoms with E-state index in [2.05, 4.69) is 10.6 Å². The van der Waals surface area contributed by atoms with Crippen LogP contribution in [0.4, 0.5) is 10.5 Å². The summed E-state index contributed by atoms with van der Waals surface area (Å²) in [5, 5.41) is 5.60. The number of anilines is 1. The lowest BCUT2D eigenvalue weighted by Gasteiger charge is -2.19. The molecule has 1 aromatic carbocycles. The van der Waals surface area contributed by atoms with Gasteiger partial charge in [0.15, 0.2) is 0 Å². The summed E-state index contributed by atoms with van der Waals surface area (Å²) in [6, 6.07) is 6.70. The van der Waals surface area contributed by atoms with Crippen molar-refractivity contribution in [2.75, 3.05) is 32.3 Å². The second kappa shape index (κ2) is 7.82. The van der Waals surface area contributed by atoms with Crippen LogP contribution in [0.25, 0.3) is 0 Å². The number of ether oxygens (including phenoxy) is 2. The molecule has 2 atom stereocenters. The van der Waals surface area contributed by atoms with Gasteiger partial charge in [0.2, 0.25) is 5.91 Å². The standard InChI is InChI=1S/C16H23N3O4/c1-11(10-22-2)17-16(21)18-12-8-15(20)19(9-12)13-4-6-14(23-3)7-5-13/h4-7,11-12H,8-10H2,1-3H3,(H2,17,18,21)/t11-,12+/m0/s1. The van der Waals surface area contributed by atoms with Crippen molar-refractivity contribution in [2.24, 2.45) is 0 Å². The van der Waals surface area contributed by atoms with Crippen LogP contribution < -0.4 is 20.3 Å². The van der Waals surface area contributed by atoms with Gasteiger partial charge in [-0.25, -0.2) is 4.79 Å². The number of carbonyl (C=O) groups excluding carboxylic acids is 2. The highest BCUT2D eigenvalue weighted by atomic mass is 16.5. The van der Waals surface area contributed by atoms with Crippen LogP contribution in [-0.4, -0.2) is 51.4 Å². The number of carbonyl (C=O) groups is 2. The zero-order valence-corrected chi connectivity index (χ0v) is 13.7. The normalized spacial score (nSPS) is 18.7. The monoisotopic (exact) mass is 321 g/mol. The van der Waals surface area contributed by atoms with Gasteiger partial charge in [-0.3, -0.25) is 4.79 Å². The largest absolute Gasteiger partial charge is 0.497 e. The maximum absolute atomic E-state index is 12.1. The van der Waals surface area contributed by atoms with Crippen molar-refractivity contribution >= 4 is 17.6 Å². The van der Waals surface area contributed by atoms with Gasteiger partial charge in [0.1, 0.15) is 5.75 Å². The minimum Gasteiger partial charge on any atom is -0.497 e. The molecule has 1 aliphatic heterocycles. The van der Waals surface area contributed by atoms with Crippen molar-refractivity contribution in [3.8, 4) is 5.75 Å². The maximum atomic E-state index is 12.1. The van der Waals surface area contributed by atoms with E-state index < -0.39 is 0 Å². The molecule has 0 bridgehead atoms. The highest BCUT2D eigenvalue weighted by Crippen LogP contribution is 2.24. The summed E-state index contributed by atoms with van der Waals surface area (Å²) >= 11 is 0. The van der Waals surface area contributed by atoms with Gasteiger partial charge < -0.3 is 25.0 Å². The first-order chi connectivity index (χ1) is 11.0. The third-order valence-corrected chi connectivity index (χ3v) is 3.64. The molecule has 0 aliphatic carbocycles. The molecule has 7 nitrogen and oxygen atoms in total. The van der Waals surface area contributed by atoms with E-state index in [1.165, 1.54) is 0 Å². The van der Waals surface area contributed by atoms with E-state index in [1.807, 2.05) is 31.2 Å². The first-order valence-corrected chi connectivity index (χ1v) is 7.54. The molecule has 1 aromatic rings. The summed E-state index contributed by atoms with van der Waals surface area (Å²) < 4.78 is 10.1. The van der Waals surface area contributed by atoms with Gasteiger partial charge >= 0.3 is 6.03 Å². The van der Waals surface area contributed by atoms with Gasteiger partial charge in [-0.15, -0.1) is 0 Å². The van der Waals surface area contributed by atoms with Crippen molar-refractivity contribution in [2.45, 2.75) is 25.4 Å². The van der Waals surface area contributed by atoms with E-state index in [0.29, 0.717) is 13.2 Å². The topological polar surface area (TPSA) is 79.9 Å². The average Bonchev–Trinajstić information content (AvgIpc) is 2.87.